The van der Waals surface area contributed by atoms with Crippen LogP contribution in [-0.4, -0.2) is 32.3 Å². The zero-order chi connectivity index (χ0) is 22.0. The molecule has 8 nitrogen and oxygen atoms in total. The maximum absolute atomic E-state index is 6.04. The molecule has 3 rings (SSSR count). The SMILES string of the molecule is CC(N)CNc1nc(NCc2ccc(Cl)c(N)c2)c2nnc(C(C)C)c-2n1C(C)C. The molecule has 0 aliphatic carbocycles. The minimum absolute atomic E-state index is 0.00274. The third-order valence-electron chi connectivity index (χ3n) is 4.80. The smallest absolute Gasteiger partial charge is 0.205 e. The number of nitrogens with two attached hydrogens (primary N) is 2. The number of nitrogen functional groups attached to an aromatic ring is 1. The van der Waals surface area contributed by atoms with E-state index in [-0.39, 0.29) is 18.0 Å². The van der Waals surface area contributed by atoms with E-state index in [0.29, 0.717) is 29.6 Å². The van der Waals surface area contributed by atoms with Gasteiger partial charge in [0.25, 0.3) is 0 Å². The number of fused-ring (bicyclic) bond motifs is 1. The highest BCUT2D eigenvalue weighted by Gasteiger charge is 2.27. The van der Waals surface area contributed by atoms with Crippen LogP contribution < -0.4 is 22.1 Å². The number of hydrogen-bond acceptors (Lipinski definition) is 7. The average molecular weight is 431 g/mol. The van der Waals surface area contributed by atoms with Crippen LogP contribution in [0.15, 0.2) is 18.2 Å². The largest absolute Gasteiger partial charge is 0.398 e. The molecule has 162 valence electrons. The molecule has 1 unspecified atom stereocenters. The summed E-state index contributed by atoms with van der Waals surface area (Å²) in [5, 5.41) is 16.3. The first-order valence-electron chi connectivity index (χ1n) is 10.2. The van der Waals surface area contributed by atoms with Crippen molar-refractivity contribution in [3.8, 4) is 11.4 Å². The Balaban J connectivity index is 2.05. The Morgan fingerprint density at radius 2 is 1.83 bits per heavy atom. The second-order valence-electron chi connectivity index (χ2n) is 8.25. The summed E-state index contributed by atoms with van der Waals surface area (Å²) in [5.41, 5.74) is 16.1. The van der Waals surface area contributed by atoms with Crippen LogP contribution in [0.1, 0.15) is 57.8 Å². The number of halogens is 1. The van der Waals surface area contributed by atoms with Crippen molar-refractivity contribution in [3.05, 3.63) is 34.5 Å². The van der Waals surface area contributed by atoms with Crippen molar-refractivity contribution in [1.29, 1.82) is 0 Å². The highest BCUT2D eigenvalue weighted by molar-refractivity contribution is 6.33. The van der Waals surface area contributed by atoms with E-state index >= 15 is 0 Å². The molecule has 1 atom stereocenters. The molecule has 0 radical (unpaired) electrons. The van der Waals surface area contributed by atoms with Gasteiger partial charge in [-0.25, -0.2) is 0 Å². The third kappa shape index (κ3) is 4.60. The Hall–Kier alpha value is -2.58. The summed E-state index contributed by atoms with van der Waals surface area (Å²) in [6.45, 7) is 11.6. The van der Waals surface area contributed by atoms with E-state index in [2.05, 4.69) is 53.1 Å². The maximum atomic E-state index is 6.04. The second-order valence-corrected chi connectivity index (χ2v) is 8.66. The number of rotatable bonds is 8. The van der Waals surface area contributed by atoms with Gasteiger partial charge in [-0.15, -0.1) is 5.10 Å². The summed E-state index contributed by atoms with van der Waals surface area (Å²) < 4.78 is 2.15. The van der Waals surface area contributed by atoms with Gasteiger partial charge in [-0.2, -0.15) is 10.1 Å². The van der Waals surface area contributed by atoms with Gasteiger partial charge in [0, 0.05) is 25.2 Å². The van der Waals surface area contributed by atoms with Gasteiger partial charge in [-0.3, -0.25) is 0 Å². The van der Waals surface area contributed by atoms with Crippen molar-refractivity contribution in [2.75, 3.05) is 22.9 Å². The first-order chi connectivity index (χ1) is 14.2. The number of aromatic nitrogens is 4. The summed E-state index contributed by atoms with van der Waals surface area (Å²) >= 11 is 6.04. The average Bonchev–Trinajstić information content (AvgIpc) is 3.11. The zero-order valence-electron chi connectivity index (χ0n) is 18.2. The summed E-state index contributed by atoms with van der Waals surface area (Å²) in [6, 6.07) is 5.76. The molecule has 1 aromatic carbocycles. The predicted molar refractivity (Wildman–Crippen MR) is 124 cm³/mol. The van der Waals surface area contributed by atoms with Crippen LogP contribution in [0.5, 0.6) is 0 Å². The molecular formula is C21H31ClN8. The van der Waals surface area contributed by atoms with Gasteiger partial charge in [0.05, 0.1) is 22.1 Å². The van der Waals surface area contributed by atoms with Crippen LogP contribution in [0.25, 0.3) is 11.4 Å². The van der Waals surface area contributed by atoms with Gasteiger partial charge < -0.3 is 26.7 Å². The minimum Gasteiger partial charge on any atom is -0.398 e. The first-order valence-corrected chi connectivity index (χ1v) is 10.6. The Morgan fingerprint density at radius 1 is 1.10 bits per heavy atom. The summed E-state index contributed by atoms with van der Waals surface area (Å²) in [6.07, 6.45) is 0. The standard InChI is InChI=1S/C21H31ClN8/c1-11(2)17-19-18(29-28-17)20(25-10-14-6-7-15(22)16(24)8-14)27-21(26-9-13(5)23)30(19)12(3)4/h6-8,11-13,25H,9-10,23-24H2,1-5H3,(H,26,27). The molecule has 0 saturated carbocycles. The summed E-state index contributed by atoms with van der Waals surface area (Å²) in [5.74, 6) is 1.64. The van der Waals surface area contributed by atoms with E-state index in [1.807, 2.05) is 19.1 Å². The Morgan fingerprint density at radius 3 is 2.43 bits per heavy atom. The fraction of sp³-hybridized carbons (Fsp3) is 0.476. The van der Waals surface area contributed by atoms with Gasteiger partial charge >= 0.3 is 0 Å². The lowest BCUT2D eigenvalue weighted by Gasteiger charge is -2.25. The van der Waals surface area contributed by atoms with Crippen molar-refractivity contribution >= 4 is 29.1 Å². The molecule has 0 amide bonds. The number of nitrogens with one attached hydrogen (secondary N) is 2. The van der Waals surface area contributed by atoms with Crippen LogP contribution in [0, 0.1) is 0 Å². The van der Waals surface area contributed by atoms with Crippen molar-refractivity contribution < 1.29 is 0 Å². The van der Waals surface area contributed by atoms with Crippen molar-refractivity contribution in [1.82, 2.24) is 19.7 Å². The Labute approximate surface area is 182 Å². The first kappa shape index (κ1) is 22.1. The van der Waals surface area contributed by atoms with Gasteiger partial charge in [0.15, 0.2) is 11.5 Å². The maximum Gasteiger partial charge on any atom is 0.205 e. The molecule has 1 aromatic rings. The summed E-state index contributed by atoms with van der Waals surface area (Å²) in [7, 11) is 0. The van der Waals surface area contributed by atoms with Crippen LogP contribution in [0.4, 0.5) is 17.5 Å². The second kappa shape index (κ2) is 9.06. The minimum atomic E-state index is -0.00274. The van der Waals surface area contributed by atoms with E-state index in [4.69, 9.17) is 28.1 Å². The molecule has 0 spiro atoms. The fourth-order valence-corrected chi connectivity index (χ4v) is 3.43. The molecule has 9 heteroatoms. The number of nitrogens with zero attached hydrogens (tertiary/aromatic N) is 4. The quantitative estimate of drug-likeness (QED) is 0.397. The van der Waals surface area contributed by atoms with E-state index in [9.17, 15) is 0 Å². The van der Waals surface area contributed by atoms with Gasteiger partial charge in [-0.05, 0) is 44.4 Å². The van der Waals surface area contributed by atoms with Crippen LogP contribution in [0.2, 0.25) is 5.02 Å². The van der Waals surface area contributed by atoms with Gasteiger partial charge in [-0.1, -0.05) is 31.5 Å². The van der Waals surface area contributed by atoms with E-state index < -0.39 is 0 Å². The lowest BCUT2D eigenvalue weighted by molar-refractivity contribution is 0.590. The number of anilines is 3. The molecule has 0 fully saturated rings. The van der Waals surface area contributed by atoms with E-state index in [1.54, 1.807) is 6.07 Å². The molecule has 2 aliphatic rings. The highest BCUT2D eigenvalue weighted by Crippen LogP contribution is 2.37. The van der Waals surface area contributed by atoms with Gasteiger partial charge in [0.1, 0.15) is 0 Å². The molecular weight excluding hydrogens is 400 g/mol. The monoisotopic (exact) mass is 430 g/mol. The lowest BCUT2D eigenvalue weighted by Crippen LogP contribution is -2.28. The zero-order valence-corrected chi connectivity index (χ0v) is 19.0. The van der Waals surface area contributed by atoms with E-state index in [0.717, 1.165) is 28.6 Å². The fourth-order valence-electron chi connectivity index (χ4n) is 3.32. The van der Waals surface area contributed by atoms with E-state index in [1.165, 1.54) is 0 Å². The van der Waals surface area contributed by atoms with Crippen LogP contribution in [-0.2, 0) is 6.54 Å². The molecule has 0 bridgehead atoms. The van der Waals surface area contributed by atoms with Gasteiger partial charge in [0.2, 0.25) is 5.95 Å². The third-order valence-corrected chi connectivity index (χ3v) is 5.15. The molecule has 6 N–H and O–H groups in total. The lowest BCUT2D eigenvalue weighted by atomic mass is 10.1. The summed E-state index contributed by atoms with van der Waals surface area (Å²) in [4.78, 5) is 4.85. The molecule has 0 aromatic heterocycles. The predicted octanol–water partition coefficient (Wildman–Crippen LogP) is 4.09. The van der Waals surface area contributed by atoms with Crippen molar-refractivity contribution in [2.45, 2.75) is 59.2 Å². The highest BCUT2D eigenvalue weighted by atomic mass is 35.5. The van der Waals surface area contributed by atoms with Crippen molar-refractivity contribution in [2.24, 2.45) is 5.73 Å². The molecule has 0 saturated heterocycles. The van der Waals surface area contributed by atoms with Crippen molar-refractivity contribution in [3.63, 3.8) is 0 Å². The topological polar surface area (TPSA) is 120 Å². The van der Waals surface area contributed by atoms with Crippen LogP contribution in [0.3, 0.4) is 0 Å². The molecule has 2 aliphatic heterocycles. The Bertz CT molecular complexity index is 979. The number of hydrogen-bond donors (Lipinski definition) is 4. The Kier molecular flexibility index (Phi) is 6.67. The normalized spacial score (nSPS) is 12.7. The molecule has 30 heavy (non-hydrogen) atoms. The number of benzene rings is 1. The van der Waals surface area contributed by atoms with Crippen LogP contribution >= 0.6 is 11.6 Å². The molecule has 2 heterocycles.